The summed E-state index contributed by atoms with van der Waals surface area (Å²) in [6, 6.07) is 4.28. The highest BCUT2D eigenvalue weighted by Crippen LogP contribution is 2.28. The van der Waals surface area contributed by atoms with Crippen LogP contribution >= 0.6 is 15.9 Å². The Morgan fingerprint density at radius 3 is 2.52 bits per heavy atom. The lowest BCUT2D eigenvalue weighted by Crippen LogP contribution is -2.28. The standard InChI is InChI=1S/C17H29BrN2O/c1-5-8-19-13-15-12-16(18)11-14(4)17(15)21-10-9-20(6-2)7-3/h11-12,19H,5-10,13H2,1-4H3. The van der Waals surface area contributed by atoms with Gasteiger partial charge in [0.1, 0.15) is 12.4 Å². The second-order valence-electron chi connectivity index (χ2n) is 5.26. The Kier molecular flexibility index (Phi) is 8.97. The van der Waals surface area contributed by atoms with Crippen LogP contribution < -0.4 is 10.1 Å². The van der Waals surface area contributed by atoms with Crippen molar-refractivity contribution < 1.29 is 4.74 Å². The fraction of sp³-hybridized carbons (Fsp3) is 0.647. The molecule has 0 fully saturated rings. The number of ether oxygens (including phenoxy) is 1. The summed E-state index contributed by atoms with van der Waals surface area (Å²) < 4.78 is 7.20. The summed E-state index contributed by atoms with van der Waals surface area (Å²) >= 11 is 3.58. The Morgan fingerprint density at radius 1 is 1.19 bits per heavy atom. The average Bonchev–Trinajstić information content (AvgIpc) is 2.46. The van der Waals surface area contributed by atoms with Crippen molar-refractivity contribution in [3.05, 3.63) is 27.7 Å². The molecule has 0 saturated carbocycles. The summed E-state index contributed by atoms with van der Waals surface area (Å²) in [5.74, 6) is 1.04. The van der Waals surface area contributed by atoms with Gasteiger partial charge in [-0.05, 0) is 50.7 Å². The largest absolute Gasteiger partial charge is 0.492 e. The minimum absolute atomic E-state index is 0.741. The fourth-order valence-electron chi connectivity index (χ4n) is 2.35. The van der Waals surface area contributed by atoms with E-state index in [9.17, 15) is 0 Å². The van der Waals surface area contributed by atoms with Gasteiger partial charge in [-0.15, -0.1) is 0 Å². The molecule has 4 heteroatoms. The molecule has 0 aromatic heterocycles. The zero-order chi connectivity index (χ0) is 15.7. The van der Waals surface area contributed by atoms with E-state index < -0.39 is 0 Å². The van der Waals surface area contributed by atoms with Crippen molar-refractivity contribution in [3.63, 3.8) is 0 Å². The Balaban J connectivity index is 2.69. The lowest BCUT2D eigenvalue weighted by Gasteiger charge is -2.20. The van der Waals surface area contributed by atoms with Gasteiger partial charge in [0.25, 0.3) is 0 Å². The van der Waals surface area contributed by atoms with Crippen LogP contribution in [0.1, 0.15) is 38.3 Å². The normalized spacial score (nSPS) is 11.1. The molecule has 3 nitrogen and oxygen atoms in total. The molecule has 0 aliphatic rings. The molecule has 0 aliphatic carbocycles. The molecule has 0 unspecified atom stereocenters. The van der Waals surface area contributed by atoms with Crippen LogP contribution in [0.3, 0.4) is 0 Å². The fourth-order valence-corrected chi connectivity index (χ4v) is 2.97. The van der Waals surface area contributed by atoms with Gasteiger partial charge < -0.3 is 15.0 Å². The quantitative estimate of drug-likeness (QED) is 0.641. The minimum atomic E-state index is 0.741. The number of nitrogens with one attached hydrogen (secondary N) is 1. The van der Waals surface area contributed by atoms with Crippen LogP contribution in [-0.2, 0) is 6.54 Å². The van der Waals surface area contributed by atoms with Gasteiger partial charge in [-0.1, -0.05) is 36.7 Å². The maximum absolute atomic E-state index is 6.09. The average molecular weight is 357 g/mol. The summed E-state index contributed by atoms with van der Waals surface area (Å²) in [5, 5.41) is 3.46. The second-order valence-corrected chi connectivity index (χ2v) is 6.18. The van der Waals surface area contributed by atoms with Gasteiger partial charge >= 0.3 is 0 Å². The van der Waals surface area contributed by atoms with E-state index in [1.54, 1.807) is 0 Å². The highest BCUT2D eigenvalue weighted by atomic mass is 79.9. The van der Waals surface area contributed by atoms with E-state index >= 15 is 0 Å². The van der Waals surface area contributed by atoms with Gasteiger partial charge in [0.15, 0.2) is 0 Å². The van der Waals surface area contributed by atoms with E-state index in [1.165, 1.54) is 11.1 Å². The first-order valence-electron chi connectivity index (χ1n) is 7.97. The third-order valence-corrected chi connectivity index (χ3v) is 4.06. The van der Waals surface area contributed by atoms with Crippen LogP contribution in [0.15, 0.2) is 16.6 Å². The summed E-state index contributed by atoms with van der Waals surface area (Å²) in [4.78, 5) is 2.38. The van der Waals surface area contributed by atoms with E-state index in [-0.39, 0.29) is 0 Å². The third kappa shape index (κ3) is 6.37. The first-order valence-corrected chi connectivity index (χ1v) is 8.76. The lowest BCUT2D eigenvalue weighted by atomic mass is 10.1. The van der Waals surface area contributed by atoms with Crippen LogP contribution in [0.5, 0.6) is 5.75 Å². The molecule has 1 aromatic carbocycles. The number of aryl methyl sites for hydroxylation is 1. The molecule has 21 heavy (non-hydrogen) atoms. The van der Waals surface area contributed by atoms with Gasteiger partial charge in [-0.25, -0.2) is 0 Å². The molecule has 0 amide bonds. The van der Waals surface area contributed by atoms with Crippen molar-refractivity contribution in [2.75, 3.05) is 32.8 Å². The van der Waals surface area contributed by atoms with Crippen molar-refractivity contribution in [2.45, 2.75) is 40.7 Å². The predicted octanol–water partition coefficient (Wildman–Crippen LogP) is 3.98. The van der Waals surface area contributed by atoms with Crippen LogP contribution in [0.25, 0.3) is 0 Å². The number of likely N-dealkylation sites (N-methyl/N-ethyl adjacent to an activating group) is 1. The minimum Gasteiger partial charge on any atom is -0.492 e. The van der Waals surface area contributed by atoms with Crippen molar-refractivity contribution in [3.8, 4) is 5.75 Å². The first kappa shape index (κ1) is 18.5. The molecule has 120 valence electrons. The van der Waals surface area contributed by atoms with Crippen LogP contribution in [0, 0.1) is 6.92 Å². The number of hydrogen-bond donors (Lipinski definition) is 1. The first-order chi connectivity index (χ1) is 10.1. The van der Waals surface area contributed by atoms with Crippen LogP contribution in [-0.4, -0.2) is 37.7 Å². The molecule has 0 aliphatic heterocycles. The number of hydrogen-bond acceptors (Lipinski definition) is 3. The van der Waals surface area contributed by atoms with E-state index in [1.807, 2.05) is 0 Å². The maximum atomic E-state index is 6.09. The van der Waals surface area contributed by atoms with E-state index in [2.05, 4.69) is 66.0 Å². The Bertz CT molecular complexity index is 419. The Labute approximate surface area is 138 Å². The van der Waals surface area contributed by atoms with Gasteiger partial charge in [-0.2, -0.15) is 0 Å². The molecule has 1 aromatic rings. The van der Waals surface area contributed by atoms with Crippen molar-refractivity contribution in [1.82, 2.24) is 10.2 Å². The number of benzene rings is 1. The topological polar surface area (TPSA) is 24.5 Å². The summed E-state index contributed by atoms with van der Waals surface area (Å²) in [5.41, 5.74) is 2.42. The lowest BCUT2D eigenvalue weighted by molar-refractivity contribution is 0.220. The summed E-state index contributed by atoms with van der Waals surface area (Å²) in [7, 11) is 0. The molecule has 1 rings (SSSR count). The van der Waals surface area contributed by atoms with E-state index in [4.69, 9.17) is 4.74 Å². The summed E-state index contributed by atoms with van der Waals surface area (Å²) in [6.45, 7) is 14.4. The monoisotopic (exact) mass is 356 g/mol. The highest BCUT2D eigenvalue weighted by Gasteiger charge is 2.09. The van der Waals surface area contributed by atoms with Crippen molar-refractivity contribution >= 4 is 15.9 Å². The van der Waals surface area contributed by atoms with Crippen molar-refractivity contribution in [2.24, 2.45) is 0 Å². The molecule has 0 atom stereocenters. The predicted molar refractivity (Wildman–Crippen MR) is 94.2 cm³/mol. The second kappa shape index (κ2) is 10.2. The van der Waals surface area contributed by atoms with Gasteiger partial charge in [0.2, 0.25) is 0 Å². The van der Waals surface area contributed by atoms with Crippen molar-refractivity contribution in [1.29, 1.82) is 0 Å². The summed E-state index contributed by atoms with van der Waals surface area (Å²) in [6.07, 6.45) is 1.14. The number of halogens is 1. The zero-order valence-electron chi connectivity index (χ0n) is 13.8. The Morgan fingerprint density at radius 2 is 1.90 bits per heavy atom. The molecule has 0 heterocycles. The molecule has 0 spiro atoms. The molecule has 0 bridgehead atoms. The van der Waals surface area contributed by atoms with Gasteiger partial charge in [0, 0.05) is 23.1 Å². The van der Waals surface area contributed by atoms with E-state index in [0.717, 1.165) is 56.0 Å². The SMILES string of the molecule is CCCNCc1cc(Br)cc(C)c1OCCN(CC)CC. The molecule has 0 radical (unpaired) electrons. The molecule has 0 saturated heterocycles. The number of rotatable bonds is 10. The third-order valence-electron chi connectivity index (χ3n) is 3.61. The Hall–Kier alpha value is -0.580. The highest BCUT2D eigenvalue weighted by molar-refractivity contribution is 9.10. The smallest absolute Gasteiger partial charge is 0.126 e. The van der Waals surface area contributed by atoms with Gasteiger partial charge in [0.05, 0.1) is 0 Å². The molecular formula is C17H29BrN2O. The van der Waals surface area contributed by atoms with E-state index in [0.29, 0.717) is 0 Å². The molecule has 1 N–H and O–H groups in total. The molecular weight excluding hydrogens is 328 g/mol. The van der Waals surface area contributed by atoms with Gasteiger partial charge in [-0.3, -0.25) is 0 Å². The number of nitrogens with zero attached hydrogens (tertiary/aromatic N) is 1. The van der Waals surface area contributed by atoms with Crippen LogP contribution in [0.2, 0.25) is 0 Å². The maximum Gasteiger partial charge on any atom is 0.126 e. The zero-order valence-corrected chi connectivity index (χ0v) is 15.4. The van der Waals surface area contributed by atoms with Crippen LogP contribution in [0.4, 0.5) is 0 Å².